The number of carbonyl (C=O) groups is 4. The molecule has 2 amide bonds. The van der Waals surface area contributed by atoms with Gasteiger partial charge in [0.05, 0.1) is 69.2 Å². The minimum Gasteiger partial charge on any atom is -0.492 e. The third-order valence-corrected chi connectivity index (χ3v) is 15.1. The molecule has 4 aliphatic rings. The molecule has 426 valence electrons. The van der Waals surface area contributed by atoms with Gasteiger partial charge in [0.25, 0.3) is 11.8 Å². The molecule has 2 N–H and O–H groups in total. The first-order valence-corrected chi connectivity index (χ1v) is 27.1. The van der Waals surface area contributed by atoms with Gasteiger partial charge in [0.2, 0.25) is 0 Å². The number of aromatic nitrogens is 2. The van der Waals surface area contributed by atoms with E-state index in [4.69, 9.17) is 28.4 Å². The number of H-pyrrole nitrogens is 2. The van der Waals surface area contributed by atoms with E-state index in [9.17, 15) is 28.0 Å². The maximum absolute atomic E-state index is 13.5. The fraction of sp³-hybridized carbons (Fsp3) is 0.403. The number of fused-ring (bicyclic) bond motifs is 6. The minimum absolute atomic E-state index is 0. The van der Waals surface area contributed by atoms with Crippen molar-refractivity contribution in [3.05, 3.63) is 150 Å². The fourth-order valence-corrected chi connectivity index (χ4v) is 10.9. The summed E-state index contributed by atoms with van der Waals surface area (Å²) in [6.07, 6.45) is 3.10. The number of amides is 2. The number of quaternary nitrogens is 1. The summed E-state index contributed by atoms with van der Waals surface area (Å²) in [7, 11) is 2.23. The van der Waals surface area contributed by atoms with Crippen molar-refractivity contribution >= 4 is 56.7 Å². The molecular formula is C62H74F2N6O10. The Hall–Kier alpha value is -7.38. The molecule has 80 heavy (non-hydrogen) atoms. The number of carbonyl (C=O) groups excluding carboxylic acids is 4. The van der Waals surface area contributed by atoms with Crippen molar-refractivity contribution in [2.45, 2.75) is 52.4 Å². The second-order valence-electron chi connectivity index (χ2n) is 21.9. The highest BCUT2D eigenvalue weighted by atomic mass is 19.1. The summed E-state index contributed by atoms with van der Waals surface area (Å²) < 4.78 is 61.8. The molecule has 0 unspecified atom stereocenters. The number of morpholine rings is 2. The highest BCUT2D eigenvalue weighted by Crippen LogP contribution is 2.43. The molecule has 2 fully saturated rings. The highest BCUT2D eigenvalue weighted by Gasteiger charge is 2.40. The van der Waals surface area contributed by atoms with E-state index >= 15 is 0 Å². The minimum atomic E-state index is -0.536. The lowest BCUT2D eigenvalue weighted by atomic mass is 9.81. The number of likely N-dealkylation sites (N-methyl/N-ethyl adjacent to an activating group) is 1. The van der Waals surface area contributed by atoms with E-state index in [0.29, 0.717) is 48.8 Å². The SMILES string of the molecule is CCOC(=O)C1=CN(C(=O)c2ccc(F)cc2)CC(C)(C)c2c1[nH]c1cc(OCCN3CCOCC3)ccc21.CCOC(=O)C1=CN(C(=O)c2ccc(F)cc2)CC(C)(C)c2c1[nH]c1cc(OCC[N+]3(C)CCOCC3)ccc21.[CH3-]. The first kappa shape index (κ1) is 58.8. The summed E-state index contributed by atoms with van der Waals surface area (Å²) in [5.74, 6) is -1.05. The van der Waals surface area contributed by atoms with E-state index in [0.717, 1.165) is 115 Å². The Morgan fingerprint density at radius 2 is 1.04 bits per heavy atom. The van der Waals surface area contributed by atoms with Crippen LogP contribution in [-0.4, -0.2) is 165 Å². The van der Waals surface area contributed by atoms with Gasteiger partial charge in [-0.15, -0.1) is 0 Å². The first-order chi connectivity index (χ1) is 37.9. The van der Waals surface area contributed by atoms with E-state index in [1.165, 1.54) is 58.3 Å². The molecule has 6 heterocycles. The van der Waals surface area contributed by atoms with Crippen molar-refractivity contribution in [1.82, 2.24) is 24.7 Å². The summed E-state index contributed by atoms with van der Waals surface area (Å²) in [4.78, 5) is 65.5. The van der Waals surface area contributed by atoms with Crippen LogP contribution in [0.15, 0.2) is 97.3 Å². The maximum Gasteiger partial charge on any atom is 0.341 e. The van der Waals surface area contributed by atoms with Crippen LogP contribution in [0, 0.1) is 19.1 Å². The van der Waals surface area contributed by atoms with Crippen LogP contribution < -0.4 is 9.47 Å². The van der Waals surface area contributed by atoms with Gasteiger partial charge < -0.3 is 60.1 Å². The Balaban J connectivity index is 0.000000208. The molecule has 0 atom stereocenters. The van der Waals surface area contributed by atoms with E-state index in [1.807, 2.05) is 64.1 Å². The van der Waals surface area contributed by atoms with Crippen LogP contribution in [0.1, 0.15) is 84.8 Å². The topological polar surface area (TPSA) is 165 Å². The number of benzene rings is 4. The lowest BCUT2D eigenvalue weighted by Gasteiger charge is -2.37. The van der Waals surface area contributed by atoms with Crippen LogP contribution in [-0.2, 0) is 39.4 Å². The number of hydrogen-bond acceptors (Lipinski definition) is 11. The average Bonchev–Trinajstić information content (AvgIpc) is 3.99. The van der Waals surface area contributed by atoms with E-state index < -0.39 is 34.4 Å². The molecule has 0 radical (unpaired) electrons. The maximum atomic E-state index is 13.5. The van der Waals surface area contributed by atoms with Gasteiger partial charge in [0, 0.05) is 101 Å². The Morgan fingerprint density at radius 3 is 1.48 bits per heavy atom. The van der Waals surface area contributed by atoms with Gasteiger partial charge in [-0.05, 0) is 97.8 Å². The predicted molar refractivity (Wildman–Crippen MR) is 303 cm³/mol. The Morgan fingerprint density at radius 1 is 0.613 bits per heavy atom. The quantitative estimate of drug-likeness (QED) is 0.0607. The molecule has 18 heteroatoms. The smallest absolute Gasteiger partial charge is 0.341 e. The van der Waals surface area contributed by atoms with E-state index in [-0.39, 0.29) is 43.6 Å². The molecule has 0 bridgehead atoms. The molecule has 0 aliphatic carbocycles. The van der Waals surface area contributed by atoms with Crippen molar-refractivity contribution in [1.29, 1.82) is 0 Å². The van der Waals surface area contributed by atoms with Gasteiger partial charge in [0.15, 0.2) is 0 Å². The number of ether oxygens (including phenoxy) is 6. The zero-order valence-electron chi connectivity index (χ0n) is 47.2. The lowest BCUT2D eigenvalue weighted by molar-refractivity contribution is -0.916. The second kappa shape index (κ2) is 25.0. The second-order valence-corrected chi connectivity index (χ2v) is 21.9. The third-order valence-electron chi connectivity index (χ3n) is 15.1. The summed E-state index contributed by atoms with van der Waals surface area (Å²) in [6, 6.07) is 22.6. The van der Waals surface area contributed by atoms with Crippen molar-refractivity contribution in [3.8, 4) is 11.5 Å². The number of nitrogens with one attached hydrogen (secondary N) is 2. The van der Waals surface area contributed by atoms with Crippen LogP contribution in [0.4, 0.5) is 8.78 Å². The molecule has 4 aliphatic heterocycles. The summed E-state index contributed by atoms with van der Waals surface area (Å²) in [5.41, 5.74) is 4.90. The number of rotatable bonds is 14. The van der Waals surface area contributed by atoms with Crippen molar-refractivity contribution in [2.75, 3.05) is 112 Å². The number of halogens is 2. The van der Waals surface area contributed by atoms with Gasteiger partial charge in [-0.2, -0.15) is 0 Å². The standard InChI is InChI=1S/C31H37FN3O5.C30H34FN3O5.CH3/c1-5-39-30(37)25-19-34(29(36)21-6-8-22(32)9-7-21)20-31(2,3)27-24-11-10-23(18-26(24)33-28(25)27)40-17-14-35(4)12-15-38-16-13-35;1-4-38-29(36)24-18-34(28(35)20-5-7-21(31)8-6-20)19-30(2,3)26-23-10-9-22(17-25(23)32-27(24)26)39-16-13-33-11-14-37-15-12-33;/h6-11,18-19,33H,5,12-17,20H2,1-4H3;5-10,17-18,32H,4,11-16,19H2,1-3H3;1H3/q+1;;-1. The lowest BCUT2D eigenvalue weighted by Crippen LogP contribution is -2.53. The van der Waals surface area contributed by atoms with Crippen LogP contribution in [0.2, 0.25) is 0 Å². The third kappa shape index (κ3) is 13.1. The number of esters is 2. The van der Waals surface area contributed by atoms with E-state index in [1.54, 1.807) is 26.2 Å². The van der Waals surface area contributed by atoms with Crippen molar-refractivity contribution < 1.29 is 60.9 Å². The molecule has 0 spiro atoms. The Labute approximate surface area is 466 Å². The number of aromatic amines is 2. The molecule has 2 aromatic heterocycles. The highest BCUT2D eigenvalue weighted by molar-refractivity contribution is 6.19. The fourth-order valence-electron chi connectivity index (χ4n) is 10.9. The summed E-state index contributed by atoms with van der Waals surface area (Å²) in [5, 5.41) is 1.90. The largest absolute Gasteiger partial charge is 0.492 e. The number of hydrogen-bond donors (Lipinski definition) is 2. The molecule has 4 aromatic carbocycles. The van der Waals surface area contributed by atoms with Gasteiger partial charge >= 0.3 is 11.9 Å². The first-order valence-electron chi connectivity index (χ1n) is 27.1. The van der Waals surface area contributed by atoms with Gasteiger partial charge in [-0.3, -0.25) is 14.5 Å². The zero-order valence-corrected chi connectivity index (χ0v) is 47.2. The van der Waals surface area contributed by atoms with Crippen molar-refractivity contribution in [3.63, 3.8) is 0 Å². The average molecular weight is 1100 g/mol. The van der Waals surface area contributed by atoms with Gasteiger partial charge in [0.1, 0.15) is 56.0 Å². The predicted octanol–water partition coefficient (Wildman–Crippen LogP) is 9.31. The van der Waals surface area contributed by atoms with Crippen LogP contribution in [0.5, 0.6) is 11.5 Å². The molecule has 6 aromatic rings. The Kier molecular flexibility index (Phi) is 18.3. The van der Waals surface area contributed by atoms with Gasteiger partial charge in [-0.1, -0.05) is 27.7 Å². The number of nitrogens with zero attached hydrogens (tertiary/aromatic N) is 4. The Bertz CT molecular complexity index is 3260. The van der Waals surface area contributed by atoms with Crippen LogP contribution in [0.25, 0.3) is 33.0 Å². The summed E-state index contributed by atoms with van der Waals surface area (Å²) >= 11 is 0. The van der Waals surface area contributed by atoms with Gasteiger partial charge in [-0.25, -0.2) is 18.4 Å². The van der Waals surface area contributed by atoms with Crippen LogP contribution >= 0.6 is 0 Å². The molecular weight excluding hydrogens is 1030 g/mol. The summed E-state index contributed by atoms with van der Waals surface area (Å²) in [6.45, 7) is 22.3. The van der Waals surface area contributed by atoms with Crippen LogP contribution in [0.3, 0.4) is 0 Å². The zero-order chi connectivity index (χ0) is 56.1. The molecule has 16 nitrogen and oxygen atoms in total. The normalized spacial score (nSPS) is 17.5. The molecule has 2 saturated heterocycles. The molecule has 0 saturated carbocycles. The van der Waals surface area contributed by atoms with E-state index in [2.05, 4.69) is 21.9 Å². The monoisotopic (exact) mass is 1100 g/mol. The molecule has 10 rings (SSSR count). The van der Waals surface area contributed by atoms with Crippen molar-refractivity contribution in [2.24, 2.45) is 0 Å².